The molecule has 2 aromatic rings. The molecule has 0 bridgehead atoms. The molecule has 0 atom stereocenters. The van der Waals surface area contributed by atoms with Gasteiger partial charge in [0.15, 0.2) is 15.9 Å². The van der Waals surface area contributed by atoms with Crippen LogP contribution in [0.15, 0.2) is 11.1 Å². The minimum atomic E-state index is -0.262. The van der Waals surface area contributed by atoms with Crippen molar-refractivity contribution in [3.05, 3.63) is 21.5 Å². The van der Waals surface area contributed by atoms with Crippen molar-refractivity contribution >= 4 is 23.4 Å². The molecule has 2 heterocycles. The third-order valence-electron chi connectivity index (χ3n) is 2.01. The molecule has 0 aliphatic carbocycles. The third-order valence-corrected chi connectivity index (χ3v) is 2.34. The van der Waals surface area contributed by atoms with Gasteiger partial charge in [0.05, 0.1) is 18.8 Å². The molecule has 0 aromatic carbocycles. The summed E-state index contributed by atoms with van der Waals surface area (Å²) < 4.78 is 2.05. The molecule has 0 spiro atoms. The summed E-state index contributed by atoms with van der Waals surface area (Å²) >= 11 is 5.03. The first kappa shape index (κ1) is 9.61. The highest BCUT2D eigenvalue weighted by Crippen LogP contribution is 2.06. The summed E-state index contributed by atoms with van der Waals surface area (Å²) in [5, 5.41) is 8.49. The van der Waals surface area contributed by atoms with Crippen molar-refractivity contribution in [2.75, 3.05) is 0 Å². The number of nitrogens with zero attached hydrogens (tertiary/aromatic N) is 3. The topological polar surface area (TPSA) is 90.3 Å². The predicted octanol–water partition coefficient (Wildman–Crippen LogP) is 0.696. The summed E-state index contributed by atoms with van der Waals surface area (Å²) in [6.45, 7) is 0.436. The summed E-state index contributed by atoms with van der Waals surface area (Å²) in [5.74, 6) is 0. The highest BCUT2D eigenvalue weighted by molar-refractivity contribution is 7.71. The zero-order valence-corrected chi connectivity index (χ0v) is 8.47. The largest absolute Gasteiger partial charge is 0.325 e. The fourth-order valence-electron chi connectivity index (χ4n) is 1.35. The van der Waals surface area contributed by atoms with Gasteiger partial charge in [-0.05, 0) is 12.2 Å². The van der Waals surface area contributed by atoms with Crippen LogP contribution in [0, 0.1) is 16.1 Å². The Bertz CT molecular complexity index is 643. The van der Waals surface area contributed by atoms with Gasteiger partial charge in [0.1, 0.15) is 0 Å². The zero-order valence-electron chi connectivity index (χ0n) is 7.65. The number of aryl methyl sites for hydroxylation is 1. The lowest BCUT2D eigenvalue weighted by atomic mass is 10.4. The van der Waals surface area contributed by atoms with E-state index >= 15 is 0 Å². The number of aromatic amines is 2. The van der Waals surface area contributed by atoms with E-state index < -0.39 is 0 Å². The van der Waals surface area contributed by atoms with Crippen molar-refractivity contribution in [1.29, 1.82) is 5.26 Å². The molecule has 2 aromatic heterocycles. The van der Waals surface area contributed by atoms with Crippen molar-refractivity contribution in [2.45, 2.75) is 13.0 Å². The number of nitriles is 1. The van der Waals surface area contributed by atoms with Gasteiger partial charge < -0.3 is 14.5 Å². The SMILES string of the molecule is N#CCCn1c(=S)[nH]c2c(=O)[nH]cnc21. The maximum atomic E-state index is 11.4. The molecule has 76 valence electrons. The maximum absolute atomic E-state index is 11.4. The van der Waals surface area contributed by atoms with Crippen LogP contribution in [0.25, 0.3) is 11.2 Å². The minimum absolute atomic E-state index is 0.262. The van der Waals surface area contributed by atoms with Crippen molar-refractivity contribution in [1.82, 2.24) is 19.5 Å². The van der Waals surface area contributed by atoms with Crippen molar-refractivity contribution in [3.8, 4) is 6.07 Å². The fraction of sp³-hybridized carbons (Fsp3) is 0.250. The standard InChI is InChI=1S/C8H7N5OS/c9-2-1-3-13-6-5(12-8(13)15)7(14)11-4-10-6/h4H,1,3H2,(H,12,15)(H,10,11,14). The normalized spacial score (nSPS) is 10.3. The summed E-state index contributed by atoms with van der Waals surface area (Å²) in [6.07, 6.45) is 1.64. The third kappa shape index (κ3) is 1.55. The number of imidazole rings is 1. The van der Waals surface area contributed by atoms with E-state index in [4.69, 9.17) is 17.5 Å². The second-order valence-electron chi connectivity index (χ2n) is 2.92. The Morgan fingerprint density at radius 2 is 2.47 bits per heavy atom. The number of H-pyrrole nitrogens is 2. The molecular formula is C8H7N5OS. The lowest BCUT2D eigenvalue weighted by Crippen LogP contribution is -2.07. The molecule has 0 aliphatic rings. The van der Waals surface area contributed by atoms with E-state index in [-0.39, 0.29) is 5.56 Å². The second-order valence-corrected chi connectivity index (χ2v) is 3.31. The monoisotopic (exact) mass is 221 g/mol. The van der Waals surface area contributed by atoms with E-state index in [0.717, 1.165) is 0 Å². The summed E-state index contributed by atoms with van der Waals surface area (Å²) in [7, 11) is 0. The molecular weight excluding hydrogens is 214 g/mol. The summed E-state index contributed by atoms with van der Waals surface area (Å²) in [6, 6.07) is 2.02. The number of hydrogen-bond donors (Lipinski definition) is 2. The lowest BCUT2D eigenvalue weighted by molar-refractivity contribution is 0.719. The van der Waals surface area contributed by atoms with Gasteiger partial charge in [-0.1, -0.05) is 0 Å². The molecule has 0 saturated carbocycles. The molecule has 2 N–H and O–H groups in total. The minimum Gasteiger partial charge on any atom is -0.325 e. The van der Waals surface area contributed by atoms with Gasteiger partial charge in [0, 0.05) is 6.54 Å². The van der Waals surface area contributed by atoms with E-state index in [2.05, 4.69) is 15.0 Å². The number of hydrogen-bond acceptors (Lipinski definition) is 4. The zero-order chi connectivity index (χ0) is 10.8. The predicted molar refractivity (Wildman–Crippen MR) is 55.8 cm³/mol. The van der Waals surface area contributed by atoms with Crippen molar-refractivity contribution < 1.29 is 0 Å². The van der Waals surface area contributed by atoms with Crippen LogP contribution in [0.1, 0.15) is 6.42 Å². The first-order chi connectivity index (χ1) is 7.24. The van der Waals surface area contributed by atoms with E-state index in [1.807, 2.05) is 6.07 Å². The van der Waals surface area contributed by atoms with E-state index in [0.29, 0.717) is 28.9 Å². The molecule has 0 saturated heterocycles. The van der Waals surface area contributed by atoms with Gasteiger partial charge >= 0.3 is 0 Å². The number of aromatic nitrogens is 4. The summed E-state index contributed by atoms with van der Waals surface area (Å²) in [4.78, 5) is 20.6. The molecule has 7 heteroatoms. The van der Waals surface area contributed by atoms with Gasteiger partial charge in [-0.25, -0.2) is 4.98 Å². The molecule has 6 nitrogen and oxygen atoms in total. The number of fused-ring (bicyclic) bond motifs is 1. The lowest BCUT2D eigenvalue weighted by Gasteiger charge is -1.97. The van der Waals surface area contributed by atoms with Gasteiger partial charge in [-0.15, -0.1) is 0 Å². The second kappa shape index (κ2) is 3.67. The van der Waals surface area contributed by atoms with Crippen LogP contribution >= 0.6 is 12.2 Å². The Morgan fingerprint density at radius 3 is 3.20 bits per heavy atom. The van der Waals surface area contributed by atoms with E-state index in [9.17, 15) is 4.79 Å². The Hall–Kier alpha value is -1.94. The van der Waals surface area contributed by atoms with Gasteiger partial charge in [-0.3, -0.25) is 4.79 Å². The highest BCUT2D eigenvalue weighted by atomic mass is 32.1. The van der Waals surface area contributed by atoms with E-state index in [1.54, 1.807) is 4.57 Å². The molecule has 15 heavy (non-hydrogen) atoms. The molecule has 0 aliphatic heterocycles. The van der Waals surface area contributed by atoms with Crippen LogP contribution in [0.2, 0.25) is 0 Å². The highest BCUT2D eigenvalue weighted by Gasteiger charge is 2.07. The fourth-order valence-corrected chi connectivity index (χ4v) is 1.63. The first-order valence-electron chi connectivity index (χ1n) is 4.27. The first-order valence-corrected chi connectivity index (χ1v) is 4.68. The van der Waals surface area contributed by atoms with Crippen LogP contribution in [0.5, 0.6) is 0 Å². The van der Waals surface area contributed by atoms with Crippen molar-refractivity contribution in [2.24, 2.45) is 0 Å². The Kier molecular flexibility index (Phi) is 2.35. The van der Waals surface area contributed by atoms with Crippen LogP contribution in [0.3, 0.4) is 0 Å². The quantitative estimate of drug-likeness (QED) is 0.730. The molecule has 2 rings (SSSR count). The molecule has 0 amide bonds. The maximum Gasteiger partial charge on any atom is 0.276 e. The van der Waals surface area contributed by atoms with Crippen molar-refractivity contribution in [3.63, 3.8) is 0 Å². The number of nitrogens with one attached hydrogen (secondary N) is 2. The van der Waals surface area contributed by atoms with Crippen LogP contribution in [-0.2, 0) is 6.54 Å². The summed E-state index contributed by atoms with van der Waals surface area (Å²) in [5.41, 5.74) is 0.571. The average molecular weight is 221 g/mol. The Balaban J connectivity index is 2.70. The Morgan fingerprint density at radius 1 is 1.67 bits per heavy atom. The molecule has 0 radical (unpaired) electrons. The van der Waals surface area contributed by atoms with Gasteiger partial charge in [-0.2, -0.15) is 5.26 Å². The number of rotatable bonds is 2. The Labute approximate surface area is 89.2 Å². The van der Waals surface area contributed by atoms with Crippen LogP contribution in [-0.4, -0.2) is 19.5 Å². The van der Waals surface area contributed by atoms with Gasteiger partial charge in [0.25, 0.3) is 5.56 Å². The molecule has 0 unspecified atom stereocenters. The molecule has 0 fully saturated rings. The van der Waals surface area contributed by atoms with E-state index in [1.165, 1.54) is 6.33 Å². The average Bonchev–Trinajstić information content (AvgIpc) is 2.54. The van der Waals surface area contributed by atoms with Crippen LogP contribution in [0.4, 0.5) is 0 Å². The van der Waals surface area contributed by atoms with Gasteiger partial charge in [0.2, 0.25) is 0 Å². The smallest absolute Gasteiger partial charge is 0.276 e. The van der Waals surface area contributed by atoms with Crippen LogP contribution < -0.4 is 5.56 Å².